The number of nitrogens with one attached hydrogen (secondary N) is 1. The van der Waals surface area contributed by atoms with Crippen LogP contribution in [0.4, 0.5) is 5.69 Å². The third-order valence-corrected chi connectivity index (χ3v) is 3.38. The van der Waals surface area contributed by atoms with Crippen LogP contribution in [0.25, 0.3) is 0 Å². The first-order chi connectivity index (χ1) is 8.81. The maximum atomic E-state index is 11.7. The van der Waals surface area contributed by atoms with Crippen LogP contribution in [0.3, 0.4) is 0 Å². The van der Waals surface area contributed by atoms with Gasteiger partial charge >= 0.3 is 11.8 Å². The van der Waals surface area contributed by atoms with Gasteiger partial charge in [0.05, 0.1) is 6.10 Å². The molecule has 1 aromatic carbocycles. The largest absolute Gasteiger partial charge is 0.392 e. The predicted octanol–water partition coefficient (Wildman–Crippen LogP) is 1.54. The highest BCUT2D eigenvalue weighted by molar-refractivity contribution is 9.10. The second-order valence-electron chi connectivity index (χ2n) is 4.45. The minimum atomic E-state index is -0.718. The van der Waals surface area contributed by atoms with Gasteiger partial charge in [0.25, 0.3) is 0 Å². The molecule has 2 amide bonds. The van der Waals surface area contributed by atoms with Crippen LogP contribution in [0.15, 0.2) is 22.7 Å². The molecule has 0 bridgehead atoms. The molecule has 0 fully saturated rings. The van der Waals surface area contributed by atoms with Crippen molar-refractivity contribution in [3.63, 3.8) is 0 Å². The third-order valence-electron chi connectivity index (χ3n) is 2.49. The zero-order valence-electron chi connectivity index (χ0n) is 11.1. The Balaban J connectivity index is 2.68. The number of anilines is 1. The number of hydrogen-bond acceptors (Lipinski definition) is 3. The van der Waals surface area contributed by atoms with Crippen LogP contribution in [-0.2, 0) is 9.59 Å². The highest BCUT2D eigenvalue weighted by atomic mass is 79.9. The first-order valence-electron chi connectivity index (χ1n) is 5.82. The molecule has 0 aliphatic heterocycles. The smallest absolute Gasteiger partial charge is 0.313 e. The summed E-state index contributed by atoms with van der Waals surface area (Å²) in [6.07, 6.45) is -0.670. The fraction of sp³-hybridized carbons (Fsp3) is 0.385. The lowest BCUT2D eigenvalue weighted by atomic mass is 10.2. The summed E-state index contributed by atoms with van der Waals surface area (Å²) in [7, 11) is 1.47. The van der Waals surface area contributed by atoms with Gasteiger partial charge < -0.3 is 15.3 Å². The Morgan fingerprint density at radius 2 is 2.11 bits per heavy atom. The van der Waals surface area contributed by atoms with Crippen LogP contribution in [0.5, 0.6) is 0 Å². The topological polar surface area (TPSA) is 69.6 Å². The number of aliphatic hydroxyl groups is 1. The molecule has 2 N–H and O–H groups in total. The number of aryl methyl sites for hydroxylation is 1. The number of nitrogens with zero attached hydrogens (tertiary/aromatic N) is 1. The van der Waals surface area contributed by atoms with Gasteiger partial charge in [-0.3, -0.25) is 9.59 Å². The highest BCUT2D eigenvalue weighted by Gasteiger charge is 2.19. The van der Waals surface area contributed by atoms with Crippen LogP contribution < -0.4 is 5.32 Å². The lowest BCUT2D eigenvalue weighted by Crippen LogP contribution is -2.40. The first-order valence-corrected chi connectivity index (χ1v) is 6.61. The van der Waals surface area contributed by atoms with Crippen LogP contribution >= 0.6 is 15.9 Å². The summed E-state index contributed by atoms with van der Waals surface area (Å²) in [6.45, 7) is 3.56. The molecule has 0 unspecified atom stereocenters. The van der Waals surface area contributed by atoms with Crippen molar-refractivity contribution in [3.05, 3.63) is 28.2 Å². The molecule has 1 rings (SSSR count). The van der Waals surface area contributed by atoms with Crippen molar-refractivity contribution in [1.82, 2.24) is 4.90 Å². The Kier molecular flexibility index (Phi) is 5.50. The van der Waals surface area contributed by atoms with E-state index in [9.17, 15) is 14.7 Å². The monoisotopic (exact) mass is 328 g/mol. The van der Waals surface area contributed by atoms with Crippen molar-refractivity contribution in [1.29, 1.82) is 0 Å². The second kappa shape index (κ2) is 6.68. The van der Waals surface area contributed by atoms with Gasteiger partial charge in [-0.2, -0.15) is 0 Å². The number of carbonyl (C=O) groups excluding carboxylic acids is 2. The molecule has 0 aromatic heterocycles. The molecule has 5 nitrogen and oxygen atoms in total. The number of benzene rings is 1. The number of halogens is 1. The molecule has 0 saturated heterocycles. The maximum absolute atomic E-state index is 11.7. The number of carbonyl (C=O) groups is 2. The summed E-state index contributed by atoms with van der Waals surface area (Å²) in [5.41, 5.74) is 1.52. The van der Waals surface area contributed by atoms with Crippen LogP contribution in [0.2, 0.25) is 0 Å². The van der Waals surface area contributed by atoms with Gasteiger partial charge in [-0.15, -0.1) is 0 Å². The predicted molar refractivity (Wildman–Crippen MR) is 76.8 cm³/mol. The Morgan fingerprint density at radius 3 is 2.63 bits per heavy atom. The molecule has 0 saturated carbocycles. The van der Waals surface area contributed by atoms with E-state index < -0.39 is 17.9 Å². The van der Waals surface area contributed by atoms with E-state index >= 15 is 0 Å². The van der Waals surface area contributed by atoms with E-state index in [2.05, 4.69) is 21.2 Å². The zero-order chi connectivity index (χ0) is 14.6. The lowest BCUT2D eigenvalue weighted by Gasteiger charge is -2.18. The molecular formula is C13H17BrN2O3. The van der Waals surface area contributed by atoms with Gasteiger partial charge in [-0.05, 0) is 37.6 Å². The van der Waals surface area contributed by atoms with Crippen LogP contribution in [0, 0.1) is 6.92 Å². The van der Waals surface area contributed by atoms with Crippen molar-refractivity contribution < 1.29 is 14.7 Å². The molecule has 1 aromatic rings. The summed E-state index contributed by atoms with van der Waals surface area (Å²) in [4.78, 5) is 24.7. The van der Waals surface area contributed by atoms with Gasteiger partial charge in [0.1, 0.15) is 0 Å². The molecule has 0 aliphatic rings. The van der Waals surface area contributed by atoms with Crippen molar-refractivity contribution in [2.75, 3.05) is 18.9 Å². The fourth-order valence-electron chi connectivity index (χ4n) is 1.56. The minimum absolute atomic E-state index is 0.117. The lowest BCUT2D eigenvalue weighted by molar-refractivity contribution is -0.142. The Bertz CT molecular complexity index is 489. The van der Waals surface area contributed by atoms with E-state index in [1.165, 1.54) is 11.9 Å². The molecule has 0 aliphatic carbocycles. The summed E-state index contributed by atoms with van der Waals surface area (Å²) >= 11 is 3.36. The van der Waals surface area contributed by atoms with Gasteiger partial charge in [0.2, 0.25) is 0 Å². The number of likely N-dealkylation sites (N-methyl/N-ethyl adjacent to an activating group) is 1. The SMILES string of the molecule is Cc1cc(NC(=O)C(=O)N(C)C[C@@H](C)O)ccc1Br. The average molecular weight is 329 g/mol. The molecule has 104 valence electrons. The zero-order valence-corrected chi connectivity index (χ0v) is 12.7. The molecular weight excluding hydrogens is 312 g/mol. The normalized spacial score (nSPS) is 11.8. The Morgan fingerprint density at radius 1 is 1.47 bits per heavy atom. The van der Waals surface area contributed by atoms with Gasteiger partial charge in [-0.25, -0.2) is 0 Å². The molecule has 1 atom stereocenters. The second-order valence-corrected chi connectivity index (χ2v) is 5.31. The molecule has 0 heterocycles. The van der Waals surface area contributed by atoms with E-state index in [0.29, 0.717) is 5.69 Å². The highest BCUT2D eigenvalue weighted by Crippen LogP contribution is 2.19. The van der Waals surface area contributed by atoms with Crippen molar-refractivity contribution in [2.24, 2.45) is 0 Å². The quantitative estimate of drug-likeness (QED) is 0.827. The Hall–Kier alpha value is -1.40. The molecule has 0 radical (unpaired) electrons. The van der Waals surface area contributed by atoms with Crippen molar-refractivity contribution >= 4 is 33.4 Å². The number of amides is 2. The van der Waals surface area contributed by atoms with E-state index in [1.807, 2.05) is 6.92 Å². The van der Waals surface area contributed by atoms with Gasteiger partial charge in [-0.1, -0.05) is 15.9 Å². The summed E-state index contributed by atoms with van der Waals surface area (Å²) in [6, 6.07) is 5.27. The van der Waals surface area contributed by atoms with Crippen LogP contribution in [-0.4, -0.2) is 41.5 Å². The minimum Gasteiger partial charge on any atom is -0.392 e. The van der Waals surface area contributed by atoms with Crippen LogP contribution in [0.1, 0.15) is 12.5 Å². The third kappa shape index (κ3) is 4.65. The standard InChI is InChI=1S/C13H17BrN2O3/c1-8-6-10(4-5-11(8)14)15-12(18)13(19)16(3)7-9(2)17/h4-6,9,17H,7H2,1-3H3,(H,15,18)/t9-/m1/s1. The molecule has 19 heavy (non-hydrogen) atoms. The summed E-state index contributed by atoms with van der Waals surface area (Å²) in [5, 5.41) is 11.7. The van der Waals surface area contributed by atoms with Crippen molar-refractivity contribution in [3.8, 4) is 0 Å². The Labute approximate surface area is 120 Å². The average Bonchev–Trinajstić information content (AvgIpc) is 2.32. The molecule has 0 spiro atoms. The van der Waals surface area contributed by atoms with E-state index in [1.54, 1.807) is 25.1 Å². The summed E-state index contributed by atoms with van der Waals surface area (Å²) < 4.78 is 0.933. The van der Waals surface area contributed by atoms with Gasteiger partial charge in [0, 0.05) is 23.8 Å². The number of rotatable bonds is 3. The van der Waals surface area contributed by atoms with Crippen molar-refractivity contribution in [2.45, 2.75) is 20.0 Å². The number of aliphatic hydroxyl groups excluding tert-OH is 1. The van der Waals surface area contributed by atoms with E-state index in [-0.39, 0.29) is 6.54 Å². The fourth-order valence-corrected chi connectivity index (χ4v) is 1.81. The molecule has 6 heteroatoms. The summed E-state index contributed by atoms with van der Waals surface area (Å²) in [5.74, 6) is -1.40. The van der Waals surface area contributed by atoms with Gasteiger partial charge in [0.15, 0.2) is 0 Å². The van der Waals surface area contributed by atoms with E-state index in [4.69, 9.17) is 0 Å². The van der Waals surface area contributed by atoms with E-state index in [0.717, 1.165) is 10.0 Å². The maximum Gasteiger partial charge on any atom is 0.313 e. The first kappa shape index (κ1) is 15.7. The number of hydrogen-bond donors (Lipinski definition) is 2.